The molecule has 0 saturated carbocycles. The molecule has 1 saturated heterocycles. The molecule has 23 heteroatoms. The molecule has 2 rings (SSSR count). The van der Waals surface area contributed by atoms with Crippen molar-refractivity contribution in [1.29, 1.82) is 0 Å². The Hall–Kier alpha value is -1.07. The first-order valence-corrected chi connectivity index (χ1v) is 18.8. The van der Waals surface area contributed by atoms with E-state index in [4.69, 9.17) is 29.7 Å². The van der Waals surface area contributed by atoms with Crippen molar-refractivity contribution in [1.82, 2.24) is 9.55 Å². The quantitative estimate of drug-likeness (QED) is 0.0331. The van der Waals surface area contributed by atoms with Gasteiger partial charge in [-0.05, 0) is 13.8 Å². The van der Waals surface area contributed by atoms with Gasteiger partial charge in [0.2, 0.25) is 0 Å². The van der Waals surface area contributed by atoms with Gasteiger partial charge in [0, 0.05) is 23.9 Å². The second-order valence-electron chi connectivity index (χ2n) is 9.05. The van der Waals surface area contributed by atoms with Crippen LogP contribution in [-0.2, 0) is 41.1 Å². The van der Waals surface area contributed by atoms with Gasteiger partial charge in [-0.15, -0.1) is 6.58 Å². The molecule has 18 nitrogen and oxygen atoms in total. The number of nitrogens with two attached hydrogens (primary N) is 1. The van der Waals surface area contributed by atoms with Crippen LogP contribution < -0.4 is 17.0 Å². The molecule has 1 aromatic heterocycles. The average Bonchev–Trinajstić information content (AvgIpc) is 3.27. The molecule has 5 atom stereocenters. The summed E-state index contributed by atoms with van der Waals surface area (Å²) >= 11 is 0. The Morgan fingerprint density at radius 2 is 1.93 bits per heavy atom. The maximum Gasteiger partial charge on any atom is 0.490 e. The maximum absolute atomic E-state index is 12.6. The van der Waals surface area contributed by atoms with Crippen molar-refractivity contribution in [2.45, 2.75) is 43.5 Å². The molecule has 0 bridgehead atoms. The zero-order valence-corrected chi connectivity index (χ0v) is 27.1. The maximum atomic E-state index is 12.6. The Balaban J connectivity index is 2.10. The summed E-state index contributed by atoms with van der Waals surface area (Å²) in [6.45, 7) is 7.16. The first kappa shape index (κ1) is 38.1. The number of phosphoric acid groups is 3. The van der Waals surface area contributed by atoms with E-state index in [2.05, 4.69) is 36.5 Å². The van der Waals surface area contributed by atoms with Crippen LogP contribution in [0, 0.1) is 11.8 Å². The minimum atomic E-state index is -5.73. The van der Waals surface area contributed by atoms with E-state index in [1.165, 1.54) is 16.9 Å². The fraction of sp³-hybridized carbons (Fsp3) is 0.600. The molecular weight excluding hydrogens is 679 g/mol. The van der Waals surface area contributed by atoms with Crippen molar-refractivity contribution < 1.29 is 60.6 Å². The highest BCUT2D eigenvalue weighted by Crippen LogP contribution is 2.66. The number of hydrogen-bond donors (Lipinski definition) is 6. The molecule has 7 N–H and O–H groups in total. The number of H-pyrrole nitrogens is 1. The molecule has 1 aromatic rings. The van der Waals surface area contributed by atoms with Crippen LogP contribution in [-0.4, -0.2) is 78.4 Å². The lowest BCUT2D eigenvalue weighted by molar-refractivity contribution is -0.0571. The first-order chi connectivity index (χ1) is 19.9. The van der Waals surface area contributed by atoms with Gasteiger partial charge < -0.3 is 39.5 Å². The van der Waals surface area contributed by atoms with Gasteiger partial charge in [-0.3, -0.25) is 18.9 Å². The van der Waals surface area contributed by atoms with E-state index < -0.39 is 59.8 Å². The third-order valence-electron chi connectivity index (χ3n) is 5.01. The van der Waals surface area contributed by atoms with Crippen LogP contribution in [0.5, 0.6) is 0 Å². The van der Waals surface area contributed by atoms with Crippen LogP contribution in [0.15, 0.2) is 28.4 Å². The third-order valence-corrected chi connectivity index (χ3v) is 11.8. The van der Waals surface area contributed by atoms with Crippen LogP contribution in [0.25, 0.3) is 0 Å². The first-order valence-electron chi connectivity index (χ1n) is 12.0. The largest absolute Gasteiger partial charge is 0.490 e. The minimum Gasteiger partial charge on any atom is -0.371 e. The number of nitrogens with zero attached hydrogens (tertiary/aromatic N) is 1. The molecule has 0 spiro atoms. The second kappa shape index (κ2) is 16.5. The second-order valence-corrected chi connectivity index (χ2v) is 16.4. The normalized spacial score (nSPS) is 21.9. The summed E-state index contributed by atoms with van der Waals surface area (Å²) in [4.78, 5) is 63.3. The van der Waals surface area contributed by atoms with Gasteiger partial charge >= 0.3 is 29.2 Å². The fourth-order valence-corrected chi connectivity index (χ4v) is 8.25. The summed E-state index contributed by atoms with van der Waals surface area (Å²) < 4.78 is 64.1. The smallest absolute Gasteiger partial charge is 0.371 e. The zero-order chi connectivity index (χ0) is 32.5. The van der Waals surface area contributed by atoms with Crippen LogP contribution >= 0.6 is 45.1 Å². The molecule has 0 aliphatic carbocycles. The van der Waals surface area contributed by atoms with Crippen molar-refractivity contribution >= 4 is 45.1 Å². The standard InChI is InChI=1S/C20H32N3O15P3S2/c1-4-7-34-15-9-17(36-16(15)11-35-40(29,30)38-41(31,32)37-39(26,27)28)23-10-14(18(24)22-19(23)25)6-5-8-33-13-42-43-20(2,3)12-21/h4,10,15-17H,1,7-9,11-13,21H2,2-3H3,(H,29,30)(H,31,32)(H,22,24,25)(H2,26,27,28)/t15?,16-,17-/m1/s1. The van der Waals surface area contributed by atoms with Gasteiger partial charge in [0.15, 0.2) is 0 Å². The Labute approximate surface area is 253 Å². The van der Waals surface area contributed by atoms with E-state index in [0.29, 0.717) is 12.5 Å². The molecule has 0 aromatic carbocycles. The highest BCUT2D eigenvalue weighted by Gasteiger charge is 2.43. The van der Waals surface area contributed by atoms with Gasteiger partial charge in [-0.25, -0.2) is 18.5 Å². The highest BCUT2D eigenvalue weighted by atomic mass is 33.1. The summed E-state index contributed by atoms with van der Waals surface area (Å²) in [7, 11) is -13.7. The number of rotatable bonds is 17. The predicted molar refractivity (Wildman–Crippen MR) is 156 cm³/mol. The summed E-state index contributed by atoms with van der Waals surface area (Å²) in [6, 6.07) is 0. The summed E-state index contributed by atoms with van der Waals surface area (Å²) in [5, 5.41) is 0. The zero-order valence-electron chi connectivity index (χ0n) is 22.8. The van der Waals surface area contributed by atoms with Gasteiger partial charge in [0.1, 0.15) is 30.4 Å². The number of phosphoric ester groups is 1. The molecule has 1 aliphatic rings. The average molecular weight is 712 g/mol. The van der Waals surface area contributed by atoms with Crippen LogP contribution in [0.3, 0.4) is 0 Å². The summed E-state index contributed by atoms with van der Waals surface area (Å²) in [5.41, 5.74) is 3.97. The fourth-order valence-electron chi connectivity index (χ4n) is 3.12. The molecule has 244 valence electrons. The number of aromatic amines is 1. The van der Waals surface area contributed by atoms with E-state index >= 15 is 0 Å². The predicted octanol–water partition coefficient (Wildman–Crippen LogP) is 1.18. The SMILES string of the molecule is C=CCOC1C[C@H](n2cc(C#CCOCSSC(C)(C)CN)c(=O)[nH]c2=O)O[C@@H]1COP(=O)(O)OP(=O)(O)OP(=O)(O)O. The Bertz CT molecular complexity index is 1440. The van der Waals surface area contributed by atoms with E-state index in [0.717, 1.165) is 10.8 Å². The molecule has 1 aliphatic heterocycles. The van der Waals surface area contributed by atoms with E-state index in [1.54, 1.807) is 10.8 Å². The lowest BCUT2D eigenvalue weighted by Gasteiger charge is -2.21. The topological polar surface area (TPSA) is 268 Å². The van der Waals surface area contributed by atoms with Gasteiger partial charge in [-0.1, -0.05) is 39.5 Å². The molecule has 43 heavy (non-hydrogen) atoms. The number of ether oxygens (including phenoxy) is 3. The minimum absolute atomic E-state index is 0.00471. The number of aromatic nitrogens is 2. The van der Waals surface area contributed by atoms with Crippen molar-refractivity contribution in [3.63, 3.8) is 0 Å². The van der Waals surface area contributed by atoms with Crippen LogP contribution in [0.4, 0.5) is 0 Å². The monoisotopic (exact) mass is 711 g/mol. The molecule has 3 unspecified atom stereocenters. The number of hydrogen-bond acceptors (Lipinski definition) is 14. The third kappa shape index (κ3) is 13.8. The summed E-state index contributed by atoms with van der Waals surface area (Å²) in [6.07, 6.45) is -0.653. The molecule has 0 radical (unpaired) electrons. The summed E-state index contributed by atoms with van der Waals surface area (Å²) in [5.74, 6) is 5.62. The van der Waals surface area contributed by atoms with Crippen LogP contribution in [0.1, 0.15) is 32.1 Å². The van der Waals surface area contributed by atoms with Gasteiger partial charge in [-0.2, -0.15) is 8.62 Å². The van der Waals surface area contributed by atoms with Crippen molar-refractivity contribution in [2.24, 2.45) is 5.73 Å². The molecule has 1 fully saturated rings. The lowest BCUT2D eigenvalue weighted by atomic mass is 10.2. The van der Waals surface area contributed by atoms with E-state index in [9.17, 15) is 33.1 Å². The lowest BCUT2D eigenvalue weighted by Crippen LogP contribution is -2.33. The van der Waals surface area contributed by atoms with Crippen LogP contribution in [0.2, 0.25) is 0 Å². The highest BCUT2D eigenvalue weighted by molar-refractivity contribution is 8.77. The van der Waals surface area contributed by atoms with Gasteiger partial charge in [0.05, 0.1) is 19.3 Å². The van der Waals surface area contributed by atoms with Crippen molar-refractivity contribution in [3.8, 4) is 11.8 Å². The van der Waals surface area contributed by atoms with E-state index in [-0.39, 0.29) is 29.9 Å². The van der Waals surface area contributed by atoms with E-state index in [1.807, 2.05) is 13.8 Å². The number of nitrogens with one attached hydrogen (secondary N) is 1. The van der Waals surface area contributed by atoms with Crippen molar-refractivity contribution in [3.05, 3.63) is 45.3 Å². The Morgan fingerprint density at radius 3 is 2.56 bits per heavy atom. The molecule has 0 amide bonds. The Kier molecular flexibility index (Phi) is 14.6. The molecular formula is C20H32N3O15P3S2. The Morgan fingerprint density at radius 1 is 1.23 bits per heavy atom. The van der Waals surface area contributed by atoms with Crippen molar-refractivity contribution in [2.75, 3.05) is 32.3 Å². The molecule has 2 heterocycles. The van der Waals surface area contributed by atoms with Gasteiger partial charge in [0.25, 0.3) is 5.56 Å².